The van der Waals surface area contributed by atoms with Crippen LogP contribution in [0.1, 0.15) is 12.0 Å². The molecule has 2 fully saturated rings. The number of carbonyl (C=O) groups excluding carboxylic acids is 1. The van der Waals surface area contributed by atoms with Gasteiger partial charge in [-0.2, -0.15) is 0 Å². The van der Waals surface area contributed by atoms with Gasteiger partial charge in [0.25, 0.3) is 0 Å². The van der Waals surface area contributed by atoms with Crippen LogP contribution >= 0.6 is 11.6 Å². The van der Waals surface area contributed by atoms with Crippen molar-refractivity contribution in [3.63, 3.8) is 0 Å². The van der Waals surface area contributed by atoms with Crippen molar-refractivity contribution in [3.05, 3.63) is 59.2 Å². The van der Waals surface area contributed by atoms with Gasteiger partial charge in [-0.1, -0.05) is 29.8 Å². The smallest absolute Gasteiger partial charge is 0.225 e. The van der Waals surface area contributed by atoms with Crippen LogP contribution in [0.2, 0.25) is 5.02 Å². The number of aliphatic hydroxyl groups excluding tert-OH is 2. The van der Waals surface area contributed by atoms with Crippen molar-refractivity contribution in [3.8, 4) is 0 Å². The van der Waals surface area contributed by atoms with E-state index in [2.05, 4.69) is 15.2 Å². The summed E-state index contributed by atoms with van der Waals surface area (Å²) in [5.74, 6) is 0.833. The normalized spacial score (nSPS) is 25.8. The number of rotatable bonds is 7. The minimum Gasteiger partial charge on any atom is -0.388 e. The zero-order chi connectivity index (χ0) is 22.5. The fourth-order valence-electron chi connectivity index (χ4n) is 4.20. The Morgan fingerprint density at radius 2 is 1.88 bits per heavy atom. The molecule has 1 amide bonds. The summed E-state index contributed by atoms with van der Waals surface area (Å²) in [5, 5.41) is 24.7. The number of piperazine rings is 1. The molecule has 1 aromatic carbocycles. The highest BCUT2D eigenvalue weighted by Crippen LogP contribution is 2.25. The van der Waals surface area contributed by atoms with Crippen molar-refractivity contribution in [1.29, 1.82) is 0 Å². The average molecular weight is 461 g/mol. The topological polar surface area (TPSA) is 98.2 Å². The number of aliphatic hydroxyl groups is 2. The minimum absolute atomic E-state index is 0.0482. The summed E-state index contributed by atoms with van der Waals surface area (Å²) in [6.45, 7) is 3.51. The number of pyridine rings is 1. The number of benzene rings is 1. The minimum atomic E-state index is -1.09. The first kappa shape index (κ1) is 22.9. The number of anilines is 1. The molecule has 4 rings (SSSR count). The first-order valence-corrected chi connectivity index (χ1v) is 11.3. The van der Waals surface area contributed by atoms with E-state index >= 15 is 0 Å². The van der Waals surface area contributed by atoms with Gasteiger partial charge in [0.05, 0.1) is 18.6 Å². The number of aromatic nitrogens is 1. The Balaban J connectivity index is 1.23. The molecule has 0 spiro atoms. The van der Waals surface area contributed by atoms with Crippen LogP contribution in [-0.2, 0) is 16.1 Å². The Bertz CT molecular complexity index is 895. The Kier molecular flexibility index (Phi) is 7.59. The van der Waals surface area contributed by atoms with Gasteiger partial charge in [0.1, 0.15) is 18.0 Å². The predicted octanol–water partition coefficient (Wildman–Crippen LogP) is 1.05. The van der Waals surface area contributed by atoms with Crippen LogP contribution in [0.25, 0.3) is 0 Å². The van der Waals surface area contributed by atoms with Crippen LogP contribution in [0, 0.1) is 0 Å². The zero-order valence-corrected chi connectivity index (χ0v) is 18.6. The molecule has 2 saturated heterocycles. The lowest BCUT2D eigenvalue weighted by atomic mass is 10.0. The van der Waals surface area contributed by atoms with Gasteiger partial charge in [0.2, 0.25) is 5.91 Å². The molecule has 0 radical (unpaired) electrons. The summed E-state index contributed by atoms with van der Waals surface area (Å²) in [5.41, 5.74) is 1.02. The molecular weight excluding hydrogens is 432 g/mol. The highest BCUT2D eigenvalue weighted by Gasteiger charge is 2.43. The van der Waals surface area contributed by atoms with Crippen LogP contribution in [0.4, 0.5) is 5.82 Å². The second kappa shape index (κ2) is 10.6. The Hall–Kier alpha value is -2.23. The first-order valence-electron chi connectivity index (χ1n) is 10.9. The first-order chi connectivity index (χ1) is 15.5. The summed E-state index contributed by atoms with van der Waals surface area (Å²) in [4.78, 5) is 21.1. The number of amides is 1. The number of nitrogens with zero attached hydrogens (tertiary/aromatic N) is 3. The number of hydrogen-bond acceptors (Lipinski definition) is 7. The van der Waals surface area contributed by atoms with Gasteiger partial charge in [-0.15, -0.1) is 0 Å². The molecule has 2 aliphatic rings. The van der Waals surface area contributed by atoms with Crippen LogP contribution in [0.5, 0.6) is 0 Å². The van der Waals surface area contributed by atoms with Gasteiger partial charge in [-0.05, 0) is 29.8 Å². The van der Waals surface area contributed by atoms with Crippen molar-refractivity contribution in [1.82, 2.24) is 15.2 Å². The lowest BCUT2D eigenvalue weighted by Gasteiger charge is -2.36. The van der Waals surface area contributed by atoms with E-state index in [4.69, 9.17) is 16.3 Å². The molecule has 3 N–H and O–H groups in total. The van der Waals surface area contributed by atoms with E-state index in [1.165, 1.54) is 0 Å². The standard InChI is InChI=1S/C23H29ClN4O4/c24-17-5-3-4-16(12-17)14-25-15-19-23(31)22(30)18(32-19)13-21(29)28-10-8-27(9-11-28)20-6-1-2-7-26-20/h1-7,12,18-19,22-23,25,30-31H,8-11,13-15H2/t18-,19+,22-,23+/m0/s1. The number of nitrogens with one attached hydrogen (secondary N) is 1. The third kappa shape index (κ3) is 5.57. The molecule has 172 valence electrons. The highest BCUT2D eigenvalue weighted by molar-refractivity contribution is 6.30. The zero-order valence-electron chi connectivity index (χ0n) is 17.8. The van der Waals surface area contributed by atoms with E-state index in [9.17, 15) is 15.0 Å². The summed E-state index contributed by atoms with van der Waals surface area (Å²) in [6.07, 6.45) is -1.62. The maximum atomic E-state index is 12.8. The molecule has 1 aromatic heterocycles. The quantitative estimate of drug-likeness (QED) is 0.568. The molecular formula is C23H29ClN4O4. The molecule has 0 aliphatic carbocycles. The van der Waals surface area contributed by atoms with E-state index in [-0.39, 0.29) is 12.3 Å². The lowest BCUT2D eigenvalue weighted by molar-refractivity contribution is -0.135. The van der Waals surface area contributed by atoms with Crippen molar-refractivity contribution in [2.24, 2.45) is 0 Å². The van der Waals surface area contributed by atoms with Crippen molar-refractivity contribution in [2.45, 2.75) is 37.4 Å². The van der Waals surface area contributed by atoms with Gasteiger partial charge in [0.15, 0.2) is 0 Å². The van der Waals surface area contributed by atoms with Crippen LogP contribution in [-0.4, -0.2) is 83.1 Å². The van der Waals surface area contributed by atoms with Crippen molar-refractivity contribution < 1.29 is 19.7 Å². The molecule has 8 nitrogen and oxygen atoms in total. The van der Waals surface area contributed by atoms with Gasteiger partial charge >= 0.3 is 0 Å². The Morgan fingerprint density at radius 3 is 2.59 bits per heavy atom. The third-order valence-corrected chi connectivity index (χ3v) is 6.24. The van der Waals surface area contributed by atoms with E-state index in [1.807, 2.05) is 42.5 Å². The molecule has 4 atom stereocenters. The van der Waals surface area contributed by atoms with E-state index < -0.39 is 24.4 Å². The maximum absolute atomic E-state index is 12.8. The number of hydrogen-bond donors (Lipinski definition) is 3. The summed E-state index contributed by atoms with van der Waals surface area (Å²) in [7, 11) is 0. The maximum Gasteiger partial charge on any atom is 0.225 e. The van der Waals surface area contributed by atoms with Gasteiger partial charge < -0.3 is 30.1 Å². The monoisotopic (exact) mass is 460 g/mol. The SMILES string of the molecule is O=C(C[C@@H]1O[C@H](CNCc2cccc(Cl)c2)[C@@H](O)[C@H]1O)N1CCN(c2ccccn2)CC1. The van der Waals surface area contributed by atoms with Crippen molar-refractivity contribution in [2.75, 3.05) is 37.6 Å². The van der Waals surface area contributed by atoms with Crippen LogP contribution in [0.15, 0.2) is 48.7 Å². The van der Waals surface area contributed by atoms with Crippen LogP contribution in [0.3, 0.4) is 0 Å². The molecule has 0 unspecified atom stereocenters. The highest BCUT2D eigenvalue weighted by atomic mass is 35.5. The Morgan fingerprint density at radius 1 is 1.09 bits per heavy atom. The second-order valence-corrected chi connectivity index (χ2v) is 8.65. The molecule has 9 heteroatoms. The molecule has 2 aliphatic heterocycles. The second-order valence-electron chi connectivity index (χ2n) is 8.21. The van der Waals surface area contributed by atoms with E-state index in [0.717, 1.165) is 11.4 Å². The number of halogens is 1. The molecule has 3 heterocycles. The average Bonchev–Trinajstić information content (AvgIpc) is 3.07. The molecule has 0 bridgehead atoms. The fourth-order valence-corrected chi connectivity index (χ4v) is 4.41. The largest absolute Gasteiger partial charge is 0.388 e. The molecule has 2 aromatic rings. The van der Waals surface area contributed by atoms with Gasteiger partial charge in [-0.3, -0.25) is 4.79 Å². The Labute approximate surface area is 192 Å². The van der Waals surface area contributed by atoms with Crippen LogP contribution < -0.4 is 10.2 Å². The fraction of sp³-hybridized carbons (Fsp3) is 0.478. The number of carbonyl (C=O) groups is 1. The predicted molar refractivity (Wildman–Crippen MR) is 121 cm³/mol. The van der Waals surface area contributed by atoms with Gasteiger partial charge in [-0.25, -0.2) is 4.98 Å². The summed E-state index contributed by atoms with van der Waals surface area (Å²) in [6, 6.07) is 13.3. The van der Waals surface area contributed by atoms with Crippen molar-refractivity contribution >= 4 is 23.3 Å². The number of ether oxygens (including phenoxy) is 1. The van der Waals surface area contributed by atoms with E-state index in [0.29, 0.717) is 44.3 Å². The molecule has 32 heavy (non-hydrogen) atoms. The summed E-state index contributed by atoms with van der Waals surface area (Å²) >= 11 is 6.00. The molecule has 0 saturated carbocycles. The summed E-state index contributed by atoms with van der Waals surface area (Å²) < 4.78 is 5.84. The van der Waals surface area contributed by atoms with Gasteiger partial charge in [0, 0.05) is 50.5 Å². The lowest BCUT2D eigenvalue weighted by Crippen LogP contribution is -2.50. The third-order valence-electron chi connectivity index (χ3n) is 6.01. The van der Waals surface area contributed by atoms with E-state index in [1.54, 1.807) is 11.1 Å².